The molecule has 0 unspecified atom stereocenters. The Bertz CT molecular complexity index is 384. The van der Waals surface area contributed by atoms with E-state index in [0.717, 1.165) is 5.75 Å². The van der Waals surface area contributed by atoms with Crippen molar-refractivity contribution in [3.63, 3.8) is 0 Å². The van der Waals surface area contributed by atoms with E-state index in [2.05, 4.69) is 0 Å². The van der Waals surface area contributed by atoms with Gasteiger partial charge in [0.25, 0.3) is 5.91 Å². The number of aliphatic hydroxyl groups is 1. The summed E-state index contributed by atoms with van der Waals surface area (Å²) in [6.07, 6.45) is -0.375. The SMILES string of the molecule is COc1ccc(OCC(=O)N2CC(O)C2)cc1. The van der Waals surface area contributed by atoms with Crippen molar-refractivity contribution in [1.82, 2.24) is 4.90 Å². The number of ether oxygens (including phenoxy) is 2. The van der Waals surface area contributed by atoms with Crippen molar-refractivity contribution in [2.45, 2.75) is 6.10 Å². The molecule has 92 valence electrons. The summed E-state index contributed by atoms with van der Waals surface area (Å²) in [6.45, 7) is 0.814. The Hall–Kier alpha value is -1.75. The number of carbonyl (C=O) groups is 1. The number of likely N-dealkylation sites (tertiary alicyclic amines) is 1. The monoisotopic (exact) mass is 237 g/mol. The zero-order valence-electron chi connectivity index (χ0n) is 9.63. The van der Waals surface area contributed by atoms with Gasteiger partial charge in [-0.1, -0.05) is 0 Å². The van der Waals surface area contributed by atoms with Crippen molar-refractivity contribution in [2.75, 3.05) is 26.8 Å². The Morgan fingerprint density at radius 1 is 1.35 bits per heavy atom. The average Bonchev–Trinajstić information content (AvgIpc) is 2.32. The summed E-state index contributed by atoms with van der Waals surface area (Å²) in [5, 5.41) is 9.06. The lowest BCUT2D eigenvalue weighted by molar-refractivity contribution is -0.143. The third-order valence-electron chi connectivity index (χ3n) is 2.64. The van der Waals surface area contributed by atoms with Crippen LogP contribution in [0.5, 0.6) is 11.5 Å². The van der Waals surface area contributed by atoms with Gasteiger partial charge < -0.3 is 19.5 Å². The smallest absolute Gasteiger partial charge is 0.260 e. The second-order valence-corrected chi connectivity index (χ2v) is 3.92. The molecule has 0 atom stereocenters. The highest BCUT2D eigenvalue weighted by Gasteiger charge is 2.28. The van der Waals surface area contributed by atoms with E-state index >= 15 is 0 Å². The number of hydrogen-bond donors (Lipinski definition) is 1. The molecule has 0 spiro atoms. The molecule has 0 bridgehead atoms. The van der Waals surface area contributed by atoms with Gasteiger partial charge in [-0.15, -0.1) is 0 Å². The Kier molecular flexibility index (Phi) is 3.49. The number of β-amino-alcohol motifs (C(OH)–C–C–N with tert-alkyl or cyclic N) is 1. The van der Waals surface area contributed by atoms with Crippen molar-refractivity contribution in [2.24, 2.45) is 0 Å². The second-order valence-electron chi connectivity index (χ2n) is 3.92. The maximum atomic E-state index is 11.5. The lowest BCUT2D eigenvalue weighted by atomic mass is 10.2. The standard InChI is InChI=1S/C12H15NO4/c1-16-10-2-4-11(5-3-10)17-8-12(15)13-6-9(14)7-13/h2-5,9,14H,6-8H2,1H3. The third-order valence-corrected chi connectivity index (χ3v) is 2.64. The zero-order valence-corrected chi connectivity index (χ0v) is 9.63. The van der Waals surface area contributed by atoms with Gasteiger partial charge in [0.2, 0.25) is 0 Å². The van der Waals surface area contributed by atoms with Crippen LogP contribution >= 0.6 is 0 Å². The maximum Gasteiger partial charge on any atom is 0.260 e. The summed E-state index contributed by atoms with van der Waals surface area (Å²) >= 11 is 0. The number of amides is 1. The van der Waals surface area contributed by atoms with Gasteiger partial charge >= 0.3 is 0 Å². The predicted molar refractivity (Wildman–Crippen MR) is 61.1 cm³/mol. The summed E-state index contributed by atoms with van der Waals surface area (Å²) in [6, 6.07) is 7.04. The third kappa shape index (κ3) is 2.88. The van der Waals surface area contributed by atoms with Gasteiger partial charge in [0.1, 0.15) is 11.5 Å². The summed E-state index contributed by atoms with van der Waals surface area (Å²) < 4.78 is 10.3. The molecule has 1 fully saturated rings. The van der Waals surface area contributed by atoms with Crippen molar-refractivity contribution in [1.29, 1.82) is 0 Å². The van der Waals surface area contributed by atoms with Crippen LogP contribution in [0.4, 0.5) is 0 Å². The topological polar surface area (TPSA) is 59.0 Å². The maximum absolute atomic E-state index is 11.5. The fourth-order valence-corrected chi connectivity index (χ4v) is 1.57. The fourth-order valence-electron chi connectivity index (χ4n) is 1.57. The van der Waals surface area contributed by atoms with Crippen molar-refractivity contribution >= 4 is 5.91 Å². The van der Waals surface area contributed by atoms with E-state index in [9.17, 15) is 4.79 Å². The Balaban J connectivity index is 1.79. The highest BCUT2D eigenvalue weighted by molar-refractivity contribution is 5.78. The van der Waals surface area contributed by atoms with Crippen LogP contribution in [0, 0.1) is 0 Å². The first kappa shape index (κ1) is 11.7. The molecule has 0 radical (unpaired) electrons. The number of methoxy groups -OCH3 is 1. The van der Waals surface area contributed by atoms with Crippen LogP contribution in [0.25, 0.3) is 0 Å². The van der Waals surface area contributed by atoms with Crippen molar-refractivity contribution in [3.8, 4) is 11.5 Å². The highest BCUT2D eigenvalue weighted by atomic mass is 16.5. The number of carbonyl (C=O) groups excluding carboxylic acids is 1. The molecule has 1 heterocycles. The molecule has 1 aromatic rings. The molecule has 1 aliphatic rings. The van der Waals surface area contributed by atoms with E-state index in [1.54, 1.807) is 36.3 Å². The highest BCUT2D eigenvalue weighted by Crippen LogP contribution is 2.17. The van der Waals surface area contributed by atoms with E-state index in [1.807, 2.05) is 0 Å². The van der Waals surface area contributed by atoms with E-state index in [4.69, 9.17) is 14.6 Å². The molecule has 17 heavy (non-hydrogen) atoms. The normalized spacial score (nSPS) is 15.3. The van der Waals surface area contributed by atoms with E-state index in [0.29, 0.717) is 18.8 Å². The Morgan fingerprint density at radius 2 is 1.94 bits per heavy atom. The van der Waals surface area contributed by atoms with Crippen LogP contribution < -0.4 is 9.47 Å². The molecule has 1 N–H and O–H groups in total. The molecule has 5 heteroatoms. The number of hydrogen-bond acceptors (Lipinski definition) is 4. The second kappa shape index (κ2) is 5.05. The summed E-state index contributed by atoms with van der Waals surface area (Å²) in [4.78, 5) is 13.1. The van der Waals surface area contributed by atoms with Gasteiger partial charge in [-0.2, -0.15) is 0 Å². The van der Waals surface area contributed by atoms with Crippen molar-refractivity contribution < 1.29 is 19.4 Å². The minimum absolute atomic E-state index is 0.000944. The van der Waals surface area contributed by atoms with E-state index < -0.39 is 0 Å². The lowest BCUT2D eigenvalue weighted by Gasteiger charge is -2.35. The van der Waals surface area contributed by atoms with Crippen LogP contribution in [0.3, 0.4) is 0 Å². The Labute approximate surface area is 99.6 Å². The molecule has 1 saturated heterocycles. The number of benzene rings is 1. The molecule has 0 aromatic heterocycles. The molecule has 0 saturated carbocycles. The zero-order chi connectivity index (χ0) is 12.3. The minimum atomic E-state index is -0.375. The average molecular weight is 237 g/mol. The first-order valence-electron chi connectivity index (χ1n) is 5.41. The Morgan fingerprint density at radius 3 is 2.47 bits per heavy atom. The van der Waals surface area contributed by atoms with Crippen LogP contribution in [-0.4, -0.2) is 48.8 Å². The van der Waals surface area contributed by atoms with Gasteiger partial charge in [-0.05, 0) is 24.3 Å². The molecular formula is C12H15NO4. The van der Waals surface area contributed by atoms with Gasteiger partial charge in [0.05, 0.1) is 13.2 Å². The molecule has 5 nitrogen and oxygen atoms in total. The number of rotatable bonds is 4. The first-order chi connectivity index (χ1) is 8.19. The molecule has 2 rings (SSSR count). The predicted octanol–water partition coefficient (Wildman–Crippen LogP) is 0.277. The van der Waals surface area contributed by atoms with Crippen LogP contribution in [0.1, 0.15) is 0 Å². The molecular weight excluding hydrogens is 222 g/mol. The molecule has 1 aromatic carbocycles. The van der Waals surface area contributed by atoms with Crippen LogP contribution in [-0.2, 0) is 4.79 Å². The summed E-state index contributed by atoms with van der Waals surface area (Å²) in [5.41, 5.74) is 0. The summed E-state index contributed by atoms with van der Waals surface area (Å²) in [5.74, 6) is 1.26. The van der Waals surface area contributed by atoms with Gasteiger partial charge in [0.15, 0.2) is 6.61 Å². The van der Waals surface area contributed by atoms with Crippen LogP contribution in [0.15, 0.2) is 24.3 Å². The molecule has 0 aliphatic carbocycles. The quantitative estimate of drug-likeness (QED) is 0.817. The lowest BCUT2D eigenvalue weighted by Crippen LogP contribution is -2.54. The molecule has 1 amide bonds. The van der Waals surface area contributed by atoms with Gasteiger partial charge in [0, 0.05) is 13.1 Å². The van der Waals surface area contributed by atoms with Gasteiger partial charge in [-0.3, -0.25) is 4.79 Å². The number of nitrogens with zero attached hydrogens (tertiary/aromatic N) is 1. The van der Waals surface area contributed by atoms with Crippen LogP contribution in [0.2, 0.25) is 0 Å². The molecule has 1 aliphatic heterocycles. The van der Waals surface area contributed by atoms with Gasteiger partial charge in [-0.25, -0.2) is 0 Å². The number of aliphatic hydroxyl groups excluding tert-OH is 1. The van der Waals surface area contributed by atoms with Crippen molar-refractivity contribution in [3.05, 3.63) is 24.3 Å². The largest absolute Gasteiger partial charge is 0.497 e. The first-order valence-corrected chi connectivity index (χ1v) is 5.41. The van der Waals surface area contributed by atoms with E-state index in [-0.39, 0.29) is 18.6 Å². The summed E-state index contributed by atoms with van der Waals surface area (Å²) in [7, 11) is 1.59. The van der Waals surface area contributed by atoms with E-state index in [1.165, 1.54) is 0 Å². The minimum Gasteiger partial charge on any atom is -0.497 e. The fraction of sp³-hybridized carbons (Fsp3) is 0.417.